The Kier molecular flexibility index (Phi) is 7.62. The molecule has 0 fully saturated rings. The van der Waals surface area contributed by atoms with Crippen LogP contribution in [0.1, 0.15) is 33.6 Å². The molecule has 0 unspecified atom stereocenters. The maximum Gasteiger partial charge on any atom is 0.516 e. The Bertz CT molecular complexity index is 200. The SMILES string of the molecule is CCOCCCC(=O)OC(=O)OC(C)C. The maximum absolute atomic E-state index is 11.0. The minimum Gasteiger partial charge on any atom is -0.431 e. The van der Waals surface area contributed by atoms with E-state index in [9.17, 15) is 9.59 Å². The topological polar surface area (TPSA) is 61.8 Å². The molecule has 0 aromatic carbocycles. The summed E-state index contributed by atoms with van der Waals surface area (Å²) in [5, 5.41) is 0. The van der Waals surface area contributed by atoms with Crippen molar-refractivity contribution in [1.29, 1.82) is 0 Å². The van der Waals surface area contributed by atoms with Crippen LogP contribution in [0.3, 0.4) is 0 Å². The summed E-state index contributed by atoms with van der Waals surface area (Å²) in [5.74, 6) is -0.583. The number of carbonyl (C=O) groups excluding carboxylic acids is 2. The summed E-state index contributed by atoms with van der Waals surface area (Å²) < 4.78 is 14.1. The summed E-state index contributed by atoms with van der Waals surface area (Å²) in [6, 6.07) is 0. The van der Waals surface area contributed by atoms with Crippen LogP contribution in [0.2, 0.25) is 0 Å². The van der Waals surface area contributed by atoms with Gasteiger partial charge in [0.2, 0.25) is 0 Å². The van der Waals surface area contributed by atoms with Gasteiger partial charge in [-0.15, -0.1) is 0 Å². The number of hydrogen-bond acceptors (Lipinski definition) is 5. The molecule has 15 heavy (non-hydrogen) atoms. The standard InChI is InChI=1S/C10H18O5/c1-4-13-7-5-6-9(11)15-10(12)14-8(2)3/h8H,4-7H2,1-3H3. The molecule has 0 spiro atoms. The summed E-state index contributed by atoms with van der Waals surface area (Å²) in [6.45, 7) is 6.34. The second-order valence-electron chi connectivity index (χ2n) is 3.19. The van der Waals surface area contributed by atoms with Crippen molar-refractivity contribution in [2.75, 3.05) is 13.2 Å². The number of ether oxygens (including phenoxy) is 3. The molecule has 0 amide bonds. The van der Waals surface area contributed by atoms with E-state index in [4.69, 9.17) is 4.74 Å². The predicted molar refractivity (Wildman–Crippen MR) is 53.4 cm³/mol. The molecule has 0 atom stereocenters. The molecule has 0 aromatic heterocycles. The summed E-state index contributed by atoms with van der Waals surface area (Å²) in [7, 11) is 0. The highest BCUT2D eigenvalue weighted by atomic mass is 16.7. The van der Waals surface area contributed by atoms with E-state index in [1.807, 2.05) is 6.92 Å². The third kappa shape index (κ3) is 9.21. The molecular weight excluding hydrogens is 200 g/mol. The lowest BCUT2D eigenvalue weighted by Crippen LogP contribution is -2.17. The number of rotatable bonds is 6. The molecule has 0 bridgehead atoms. The lowest BCUT2D eigenvalue weighted by atomic mass is 10.3. The quantitative estimate of drug-likeness (QED) is 0.387. The minimum absolute atomic E-state index is 0.160. The Morgan fingerprint density at radius 3 is 2.47 bits per heavy atom. The molecule has 0 aliphatic rings. The van der Waals surface area contributed by atoms with Crippen molar-refractivity contribution in [3.05, 3.63) is 0 Å². The van der Waals surface area contributed by atoms with Gasteiger partial charge < -0.3 is 14.2 Å². The van der Waals surface area contributed by atoms with Crippen LogP contribution in [-0.4, -0.2) is 31.4 Å². The first-order chi connectivity index (χ1) is 7.06. The fourth-order valence-corrected chi connectivity index (χ4v) is 0.823. The van der Waals surface area contributed by atoms with Gasteiger partial charge in [-0.05, 0) is 27.2 Å². The van der Waals surface area contributed by atoms with E-state index in [0.29, 0.717) is 19.6 Å². The molecule has 0 saturated heterocycles. The van der Waals surface area contributed by atoms with Gasteiger partial charge in [-0.25, -0.2) is 4.79 Å². The van der Waals surface area contributed by atoms with Crippen LogP contribution >= 0.6 is 0 Å². The Morgan fingerprint density at radius 2 is 1.93 bits per heavy atom. The third-order valence-corrected chi connectivity index (χ3v) is 1.40. The van der Waals surface area contributed by atoms with Gasteiger partial charge >= 0.3 is 12.1 Å². The van der Waals surface area contributed by atoms with Crippen LogP contribution in [0.25, 0.3) is 0 Å². The van der Waals surface area contributed by atoms with Gasteiger partial charge in [0.05, 0.1) is 6.10 Å². The van der Waals surface area contributed by atoms with Crippen LogP contribution < -0.4 is 0 Å². The van der Waals surface area contributed by atoms with Crippen molar-refractivity contribution in [2.45, 2.75) is 39.7 Å². The van der Waals surface area contributed by atoms with Gasteiger partial charge in [-0.2, -0.15) is 0 Å². The van der Waals surface area contributed by atoms with Crippen LogP contribution in [0, 0.1) is 0 Å². The zero-order valence-electron chi connectivity index (χ0n) is 9.45. The molecule has 0 N–H and O–H groups in total. The minimum atomic E-state index is -0.939. The Labute approximate surface area is 89.7 Å². The second-order valence-corrected chi connectivity index (χ2v) is 3.19. The van der Waals surface area contributed by atoms with Crippen molar-refractivity contribution >= 4 is 12.1 Å². The largest absolute Gasteiger partial charge is 0.516 e. The first-order valence-electron chi connectivity index (χ1n) is 5.05. The first kappa shape index (κ1) is 13.9. The normalized spacial score (nSPS) is 10.1. The first-order valence-corrected chi connectivity index (χ1v) is 5.05. The van der Waals surface area contributed by atoms with Crippen molar-refractivity contribution in [3.63, 3.8) is 0 Å². The molecular formula is C10H18O5. The Balaban J connectivity index is 3.51. The molecule has 0 radical (unpaired) electrons. The van der Waals surface area contributed by atoms with E-state index in [0.717, 1.165) is 0 Å². The number of hydrogen-bond donors (Lipinski definition) is 0. The smallest absolute Gasteiger partial charge is 0.431 e. The average molecular weight is 218 g/mol. The van der Waals surface area contributed by atoms with E-state index in [2.05, 4.69) is 9.47 Å². The van der Waals surface area contributed by atoms with Crippen LogP contribution in [0.5, 0.6) is 0 Å². The molecule has 5 heteroatoms. The highest BCUT2D eigenvalue weighted by Crippen LogP contribution is 1.98. The van der Waals surface area contributed by atoms with Crippen LogP contribution in [0.4, 0.5) is 4.79 Å². The van der Waals surface area contributed by atoms with Gasteiger partial charge in [0.15, 0.2) is 0 Å². The monoisotopic (exact) mass is 218 g/mol. The van der Waals surface area contributed by atoms with E-state index >= 15 is 0 Å². The van der Waals surface area contributed by atoms with Gasteiger partial charge in [-0.3, -0.25) is 4.79 Å². The lowest BCUT2D eigenvalue weighted by Gasteiger charge is -2.07. The van der Waals surface area contributed by atoms with E-state index in [1.165, 1.54) is 0 Å². The third-order valence-electron chi connectivity index (χ3n) is 1.40. The zero-order chi connectivity index (χ0) is 11.7. The average Bonchev–Trinajstić information content (AvgIpc) is 2.10. The Morgan fingerprint density at radius 1 is 1.27 bits per heavy atom. The number of esters is 1. The molecule has 88 valence electrons. The fraction of sp³-hybridized carbons (Fsp3) is 0.800. The van der Waals surface area contributed by atoms with Crippen LogP contribution in [-0.2, 0) is 19.0 Å². The summed E-state index contributed by atoms with van der Waals surface area (Å²) >= 11 is 0. The molecule has 0 aliphatic heterocycles. The highest BCUT2D eigenvalue weighted by molar-refractivity contribution is 5.81. The van der Waals surface area contributed by atoms with Crippen molar-refractivity contribution in [1.82, 2.24) is 0 Å². The zero-order valence-corrected chi connectivity index (χ0v) is 9.45. The lowest BCUT2D eigenvalue weighted by molar-refractivity contribution is -0.140. The summed E-state index contributed by atoms with van der Waals surface area (Å²) in [4.78, 5) is 21.9. The second kappa shape index (κ2) is 8.23. The summed E-state index contributed by atoms with van der Waals surface area (Å²) in [5.41, 5.74) is 0. The van der Waals surface area contributed by atoms with Gasteiger partial charge in [-0.1, -0.05) is 0 Å². The van der Waals surface area contributed by atoms with E-state index < -0.39 is 12.1 Å². The predicted octanol–water partition coefficient (Wildman–Crippen LogP) is 1.89. The highest BCUT2D eigenvalue weighted by Gasteiger charge is 2.12. The summed E-state index contributed by atoms with van der Waals surface area (Å²) in [6.07, 6.45) is -0.519. The molecule has 0 saturated carbocycles. The molecule has 5 nitrogen and oxygen atoms in total. The maximum atomic E-state index is 11.0. The molecule has 0 aromatic rings. The van der Waals surface area contributed by atoms with E-state index in [1.54, 1.807) is 13.8 Å². The van der Waals surface area contributed by atoms with Crippen molar-refractivity contribution in [3.8, 4) is 0 Å². The van der Waals surface area contributed by atoms with Crippen molar-refractivity contribution in [2.24, 2.45) is 0 Å². The molecule has 0 heterocycles. The van der Waals surface area contributed by atoms with Gasteiger partial charge in [0.1, 0.15) is 0 Å². The van der Waals surface area contributed by atoms with Crippen molar-refractivity contribution < 1.29 is 23.8 Å². The fourth-order valence-electron chi connectivity index (χ4n) is 0.823. The van der Waals surface area contributed by atoms with Gasteiger partial charge in [0.25, 0.3) is 0 Å². The van der Waals surface area contributed by atoms with Gasteiger partial charge in [0, 0.05) is 19.6 Å². The van der Waals surface area contributed by atoms with E-state index in [-0.39, 0.29) is 12.5 Å². The molecule has 0 aliphatic carbocycles. The van der Waals surface area contributed by atoms with Crippen LogP contribution in [0.15, 0.2) is 0 Å². The molecule has 0 rings (SSSR count). The Hall–Kier alpha value is -1.10. The number of carbonyl (C=O) groups is 2.